The van der Waals surface area contributed by atoms with Crippen molar-refractivity contribution in [2.24, 2.45) is 0 Å². The number of pyridine rings is 1. The van der Waals surface area contributed by atoms with Gasteiger partial charge in [0.1, 0.15) is 5.15 Å². The highest BCUT2D eigenvalue weighted by Gasteiger charge is 2.13. The van der Waals surface area contributed by atoms with Crippen molar-refractivity contribution in [1.29, 1.82) is 0 Å². The number of halogens is 1. The van der Waals surface area contributed by atoms with E-state index in [0.717, 1.165) is 0 Å². The van der Waals surface area contributed by atoms with Gasteiger partial charge in [0, 0.05) is 6.42 Å². The first kappa shape index (κ1) is 14.7. The first-order chi connectivity index (χ1) is 8.30. The Bertz CT molecular complexity index is 545. The zero-order chi connectivity index (χ0) is 13.8. The molecule has 0 bridgehead atoms. The minimum absolute atomic E-state index is 0.0603. The molecule has 0 aliphatic carbocycles. The van der Waals surface area contributed by atoms with Crippen LogP contribution < -0.4 is 4.72 Å². The summed E-state index contributed by atoms with van der Waals surface area (Å²) in [6.07, 6.45) is -0.122. The van der Waals surface area contributed by atoms with E-state index in [4.69, 9.17) is 16.7 Å². The van der Waals surface area contributed by atoms with E-state index in [1.165, 1.54) is 12.1 Å². The molecule has 1 rings (SSSR count). The zero-order valence-electron chi connectivity index (χ0n) is 9.68. The fourth-order valence-electron chi connectivity index (χ4n) is 1.27. The summed E-state index contributed by atoms with van der Waals surface area (Å²) >= 11 is 5.65. The number of aryl methyl sites for hydroxylation is 1. The Hall–Kier alpha value is -1.34. The summed E-state index contributed by atoms with van der Waals surface area (Å²) in [6.45, 7) is 1.63. The van der Waals surface area contributed by atoms with Gasteiger partial charge in [-0.05, 0) is 25.5 Å². The van der Waals surface area contributed by atoms with Gasteiger partial charge in [-0.3, -0.25) is 9.52 Å². The van der Waals surface area contributed by atoms with Crippen LogP contribution >= 0.6 is 11.6 Å². The van der Waals surface area contributed by atoms with Gasteiger partial charge in [-0.2, -0.15) is 0 Å². The maximum absolute atomic E-state index is 11.7. The topological polar surface area (TPSA) is 96.4 Å². The van der Waals surface area contributed by atoms with E-state index in [2.05, 4.69) is 9.71 Å². The van der Waals surface area contributed by atoms with Crippen molar-refractivity contribution in [3.8, 4) is 0 Å². The van der Waals surface area contributed by atoms with E-state index in [1.807, 2.05) is 0 Å². The highest BCUT2D eigenvalue weighted by Crippen LogP contribution is 2.17. The molecule has 0 aliphatic heterocycles. The third-order valence-electron chi connectivity index (χ3n) is 2.12. The van der Waals surface area contributed by atoms with Crippen LogP contribution in [0.4, 0.5) is 5.69 Å². The number of hydrogen-bond acceptors (Lipinski definition) is 4. The van der Waals surface area contributed by atoms with Crippen molar-refractivity contribution in [2.45, 2.75) is 19.8 Å². The number of nitrogens with one attached hydrogen (secondary N) is 1. The van der Waals surface area contributed by atoms with Gasteiger partial charge in [-0.25, -0.2) is 13.4 Å². The number of carboxylic acid groups (broad SMARTS) is 1. The molecule has 0 fully saturated rings. The van der Waals surface area contributed by atoms with Crippen LogP contribution in [0.3, 0.4) is 0 Å². The molecule has 1 aromatic rings. The van der Waals surface area contributed by atoms with Crippen molar-refractivity contribution >= 4 is 33.3 Å². The Morgan fingerprint density at radius 1 is 1.50 bits per heavy atom. The van der Waals surface area contributed by atoms with Crippen molar-refractivity contribution in [2.75, 3.05) is 10.5 Å². The Balaban J connectivity index is 2.67. The fraction of sp³-hybridized carbons (Fsp3) is 0.400. The number of sulfonamides is 1. The summed E-state index contributed by atoms with van der Waals surface area (Å²) in [5, 5.41) is 8.71. The van der Waals surface area contributed by atoms with Crippen LogP contribution in [0.2, 0.25) is 5.15 Å². The SMILES string of the molecule is Cc1nc(Cl)ccc1NS(=O)(=O)CCCC(=O)O. The minimum Gasteiger partial charge on any atom is -0.481 e. The van der Waals surface area contributed by atoms with Gasteiger partial charge in [0.25, 0.3) is 0 Å². The number of aliphatic carboxylic acids is 1. The molecule has 0 amide bonds. The van der Waals surface area contributed by atoms with Gasteiger partial charge in [0.15, 0.2) is 0 Å². The van der Waals surface area contributed by atoms with E-state index < -0.39 is 16.0 Å². The second kappa shape index (κ2) is 6.01. The van der Waals surface area contributed by atoms with Crippen LogP contribution in [0, 0.1) is 6.92 Å². The molecular formula is C10H13ClN2O4S. The first-order valence-corrected chi connectivity index (χ1v) is 7.18. The van der Waals surface area contributed by atoms with Gasteiger partial charge in [0.2, 0.25) is 10.0 Å². The number of carboxylic acids is 1. The van der Waals surface area contributed by atoms with Crippen molar-refractivity contribution in [1.82, 2.24) is 4.98 Å². The predicted molar refractivity (Wildman–Crippen MR) is 68.3 cm³/mol. The third-order valence-corrected chi connectivity index (χ3v) is 3.69. The van der Waals surface area contributed by atoms with E-state index in [-0.39, 0.29) is 23.7 Å². The number of nitrogens with zero attached hydrogens (tertiary/aromatic N) is 1. The Morgan fingerprint density at radius 3 is 2.72 bits per heavy atom. The molecule has 1 aromatic heterocycles. The molecule has 0 saturated carbocycles. The number of carbonyl (C=O) groups is 1. The summed E-state index contributed by atoms with van der Waals surface area (Å²) in [4.78, 5) is 14.2. The third kappa shape index (κ3) is 4.89. The molecule has 6 nitrogen and oxygen atoms in total. The summed E-state index contributed by atoms with van der Waals surface area (Å²) < 4.78 is 25.7. The van der Waals surface area contributed by atoms with Crippen molar-refractivity contribution in [3.05, 3.63) is 23.0 Å². The Morgan fingerprint density at radius 2 is 2.17 bits per heavy atom. The van der Waals surface area contributed by atoms with Gasteiger partial charge in [-0.15, -0.1) is 0 Å². The summed E-state index contributed by atoms with van der Waals surface area (Å²) in [6, 6.07) is 2.99. The van der Waals surface area contributed by atoms with Gasteiger partial charge in [0.05, 0.1) is 17.1 Å². The quantitative estimate of drug-likeness (QED) is 0.777. The Labute approximate surface area is 110 Å². The van der Waals surface area contributed by atoms with Crippen LogP contribution in [0.5, 0.6) is 0 Å². The smallest absolute Gasteiger partial charge is 0.303 e. The van der Waals surface area contributed by atoms with Crippen LogP contribution in [0.1, 0.15) is 18.5 Å². The molecule has 2 N–H and O–H groups in total. The van der Waals surface area contributed by atoms with Gasteiger partial charge in [-0.1, -0.05) is 11.6 Å². The lowest BCUT2D eigenvalue weighted by molar-refractivity contribution is -0.137. The standard InChI is InChI=1S/C10H13ClN2O4S/c1-7-8(4-5-9(11)12-7)13-18(16,17)6-2-3-10(14)15/h4-5,13H,2-3,6H2,1H3,(H,14,15). The van der Waals surface area contributed by atoms with Crippen LogP contribution in [-0.4, -0.2) is 30.2 Å². The van der Waals surface area contributed by atoms with E-state index >= 15 is 0 Å². The molecule has 0 unspecified atom stereocenters. The molecule has 0 saturated heterocycles. The second-order valence-corrected chi connectivity index (χ2v) is 5.91. The normalized spacial score (nSPS) is 11.2. The van der Waals surface area contributed by atoms with Crippen molar-refractivity contribution in [3.63, 3.8) is 0 Å². The van der Waals surface area contributed by atoms with Gasteiger partial charge >= 0.3 is 5.97 Å². The number of anilines is 1. The van der Waals surface area contributed by atoms with E-state index in [9.17, 15) is 13.2 Å². The number of hydrogen-bond donors (Lipinski definition) is 2. The van der Waals surface area contributed by atoms with E-state index in [0.29, 0.717) is 11.4 Å². The average molecular weight is 293 g/mol. The largest absolute Gasteiger partial charge is 0.481 e. The minimum atomic E-state index is -3.56. The monoisotopic (exact) mass is 292 g/mol. The molecule has 0 radical (unpaired) electrons. The highest BCUT2D eigenvalue weighted by molar-refractivity contribution is 7.92. The second-order valence-electron chi connectivity index (χ2n) is 3.69. The van der Waals surface area contributed by atoms with Crippen LogP contribution in [0.15, 0.2) is 12.1 Å². The number of rotatable bonds is 6. The lowest BCUT2D eigenvalue weighted by atomic mass is 10.3. The summed E-state index contributed by atoms with van der Waals surface area (Å²) in [7, 11) is -3.56. The molecular weight excluding hydrogens is 280 g/mol. The average Bonchev–Trinajstić information content (AvgIpc) is 2.21. The first-order valence-electron chi connectivity index (χ1n) is 5.15. The van der Waals surface area contributed by atoms with Gasteiger partial charge < -0.3 is 5.11 Å². The molecule has 18 heavy (non-hydrogen) atoms. The Kier molecular flexibility index (Phi) is 4.92. The molecule has 0 spiro atoms. The lowest BCUT2D eigenvalue weighted by Gasteiger charge is -2.09. The maximum Gasteiger partial charge on any atom is 0.303 e. The number of aromatic nitrogens is 1. The maximum atomic E-state index is 11.7. The molecule has 0 aromatic carbocycles. The van der Waals surface area contributed by atoms with E-state index in [1.54, 1.807) is 6.92 Å². The summed E-state index contributed by atoms with van der Waals surface area (Å²) in [5.74, 6) is -1.27. The van der Waals surface area contributed by atoms with Crippen LogP contribution in [0.25, 0.3) is 0 Å². The molecule has 8 heteroatoms. The lowest BCUT2D eigenvalue weighted by Crippen LogP contribution is -2.18. The summed E-state index contributed by atoms with van der Waals surface area (Å²) in [5.41, 5.74) is 0.805. The zero-order valence-corrected chi connectivity index (χ0v) is 11.3. The molecule has 0 atom stereocenters. The molecule has 1 heterocycles. The highest BCUT2D eigenvalue weighted by atomic mass is 35.5. The predicted octanol–water partition coefficient (Wildman–Crippen LogP) is 1.65. The van der Waals surface area contributed by atoms with Crippen molar-refractivity contribution < 1.29 is 18.3 Å². The fourth-order valence-corrected chi connectivity index (χ4v) is 2.64. The molecule has 100 valence electrons. The van der Waals surface area contributed by atoms with Crippen LogP contribution in [-0.2, 0) is 14.8 Å². The molecule has 0 aliphatic rings.